The van der Waals surface area contributed by atoms with Gasteiger partial charge in [-0.3, -0.25) is 0 Å². The molecule has 0 atom stereocenters. The first kappa shape index (κ1) is 12.9. The van der Waals surface area contributed by atoms with Gasteiger partial charge in [0.2, 0.25) is 0 Å². The Balaban J connectivity index is 2.30. The summed E-state index contributed by atoms with van der Waals surface area (Å²) < 4.78 is 11.2. The summed E-state index contributed by atoms with van der Waals surface area (Å²) >= 11 is 0. The maximum Gasteiger partial charge on any atom is 0.163 e. The first-order valence-corrected chi connectivity index (χ1v) is 6.70. The van der Waals surface area contributed by atoms with E-state index in [1.54, 1.807) is 0 Å². The Morgan fingerprint density at radius 1 is 1.06 bits per heavy atom. The third-order valence-corrected chi connectivity index (χ3v) is 3.02. The zero-order chi connectivity index (χ0) is 13.0. The van der Waals surface area contributed by atoms with E-state index in [0.29, 0.717) is 13.2 Å². The van der Waals surface area contributed by atoms with Crippen LogP contribution >= 0.6 is 0 Å². The van der Waals surface area contributed by atoms with E-state index in [2.05, 4.69) is 18.7 Å². The van der Waals surface area contributed by atoms with E-state index < -0.39 is 0 Å². The SMILES string of the molecule is CCCN(CCC)c1cc2c(cc1N)OCCO2. The van der Waals surface area contributed by atoms with Crippen LogP contribution in [0.4, 0.5) is 11.4 Å². The minimum absolute atomic E-state index is 0.597. The number of rotatable bonds is 5. The molecule has 1 aromatic rings. The first-order chi connectivity index (χ1) is 8.76. The molecule has 0 bridgehead atoms. The average Bonchev–Trinajstić information content (AvgIpc) is 2.38. The Hall–Kier alpha value is -1.58. The Morgan fingerprint density at radius 3 is 2.17 bits per heavy atom. The number of anilines is 2. The first-order valence-electron chi connectivity index (χ1n) is 6.70. The van der Waals surface area contributed by atoms with Gasteiger partial charge in [0.05, 0.1) is 11.4 Å². The van der Waals surface area contributed by atoms with Gasteiger partial charge in [0.15, 0.2) is 11.5 Å². The van der Waals surface area contributed by atoms with Crippen molar-refractivity contribution in [1.82, 2.24) is 0 Å². The molecule has 100 valence electrons. The number of hydrogen-bond acceptors (Lipinski definition) is 4. The zero-order valence-corrected chi connectivity index (χ0v) is 11.2. The fourth-order valence-corrected chi connectivity index (χ4v) is 2.26. The molecular weight excluding hydrogens is 228 g/mol. The summed E-state index contributed by atoms with van der Waals surface area (Å²) in [5.74, 6) is 1.57. The standard InChI is InChI=1S/C14H22N2O2/c1-3-5-16(6-4-2)12-10-14-13(9-11(12)15)17-7-8-18-14/h9-10H,3-8,15H2,1-2H3. The summed E-state index contributed by atoms with van der Waals surface area (Å²) in [6.45, 7) is 7.58. The van der Waals surface area contributed by atoms with Crippen LogP contribution in [0.2, 0.25) is 0 Å². The van der Waals surface area contributed by atoms with Crippen LogP contribution in [0.5, 0.6) is 11.5 Å². The third kappa shape index (κ3) is 2.63. The molecule has 2 N–H and O–H groups in total. The van der Waals surface area contributed by atoms with Crippen molar-refractivity contribution in [3.63, 3.8) is 0 Å². The lowest BCUT2D eigenvalue weighted by Gasteiger charge is -2.27. The normalized spacial score (nSPS) is 13.4. The van der Waals surface area contributed by atoms with Crippen molar-refractivity contribution in [2.75, 3.05) is 36.9 Å². The minimum Gasteiger partial charge on any atom is -0.486 e. The highest BCUT2D eigenvalue weighted by Crippen LogP contribution is 2.38. The summed E-state index contributed by atoms with van der Waals surface area (Å²) in [7, 11) is 0. The van der Waals surface area contributed by atoms with Crippen molar-refractivity contribution in [2.24, 2.45) is 0 Å². The average molecular weight is 250 g/mol. The number of benzene rings is 1. The van der Waals surface area contributed by atoms with Crippen LogP contribution in [0.15, 0.2) is 12.1 Å². The highest BCUT2D eigenvalue weighted by Gasteiger charge is 2.17. The molecule has 0 aliphatic carbocycles. The lowest BCUT2D eigenvalue weighted by molar-refractivity contribution is 0.172. The van der Waals surface area contributed by atoms with Crippen LogP contribution in [0.1, 0.15) is 26.7 Å². The van der Waals surface area contributed by atoms with Crippen molar-refractivity contribution in [3.05, 3.63) is 12.1 Å². The van der Waals surface area contributed by atoms with Crippen molar-refractivity contribution in [2.45, 2.75) is 26.7 Å². The largest absolute Gasteiger partial charge is 0.486 e. The maximum absolute atomic E-state index is 6.13. The van der Waals surface area contributed by atoms with Crippen LogP contribution in [0.25, 0.3) is 0 Å². The molecule has 4 nitrogen and oxygen atoms in total. The molecule has 1 heterocycles. The molecule has 0 amide bonds. The van der Waals surface area contributed by atoms with E-state index in [-0.39, 0.29) is 0 Å². The molecule has 0 radical (unpaired) electrons. The van der Waals surface area contributed by atoms with Crippen molar-refractivity contribution in [1.29, 1.82) is 0 Å². The Labute approximate surface area is 109 Å². The molecule has 1 aliphatic rings. The van der Waals surface area contributed by atoms with Gasteiger partial charge < -0.3 is 20.1 Å². The van der Waals surface area contributed by atoms with Crippen molar-refractivity contribution in [3.8, 4) is 11.5 Å². The highest BCUT2D eigenvalue weighted by atomic mass is 16.6. The van der Waals surface area contributed by atoms with Gasteiger partial charge in [0.1, 0.15) is 13.2 Å². The number of ether oxygens (including phenoxy) is 2. The Morgan fingerprint density at radius 2 is 1.61 bits per heavy atom. The molecule has 1 aromatic carbocycles. The van der Waals surface area contributed by atoms with Crippen LogP contribution < -0.4 is 20.1 Å². The third-order valence-electron chi connectivity index (χ3n) is 3.02. The van der Waals surface area contributed by atoms with Gasteiger partial charge in [-0.05, 0) is 12.8 Å². The molecule has 0 saturated carbocycles. The summed E-state index contributed by atoms with van der Waals surface area (Å²) in [4.78, 5) is 2.31. The molecular formula is C14H22N2O2. The lowest BCUT2D eigenvalue weighted by atomic mass is 10.2. The molecule has 0 unspecified atom stereocenters. The Kier molecular flexibility index (Phi) is 4.18. The highest BCUT2D eigenvalue weighted by molar-refractivity contribution is 5.73. The van der Waals surface area contributed by atoms with Crippen LogP contribution in [-0.4, -0.2) is 26.3 Å². The van der Waals surface area contributed by atoms with E-state index in [4.69, 9.17) is 15.2 Å². The number of nitrogens with zero attached hydrogens (tertiary/aromatic N) is 1. The Bertz CT molecular complexity index is 401. The summed E-state index contributed by atoms with van der Waals surface area (Å²) in [5, 5.41) is 0. The zero-order valence-electron chi connectivity index (χ0n) is 11.2. The molecule has 2 rings (SSSR count). The van der Waals surface area contributed by atoms with E-state index in [0.717, 1.165) is 48.8 Å². The second kappa shape index (κ2) is 5.85. The molecule has 18 heavy (non-hydrogen) atoms. The van der Waals surface area contributed by atoms with Gasteiger partial charge in [0.25, 0.3) is 0 Å². The van der Waals surface area contributed by atoms with Gasteiger partial charge >= 0.3 is 0 Å². The predicted octanol–water partition coefficient (Wildman–Crippen LogP) is 2.67. The van der Waals surface area contributed by atoms with Crippen LogP contribution in [0, 0.1) is 0 Å². The number of fused-ring (bicyclic) bond motifs is 1. The molecule has 4 heteroatoms. The molecule has 0 spiro atoms. The maximum atomic E-state index is 6.13. The van der Waals surface area contributed by atoms with Crippen LogP contribution in [0.3, 0.4) is 0 Å². The summed E-state index contributed by atoms with van der Waals surface area (Å²) in [6.07, 6.45) is 2.21. The minimum atomic E-state index is 0.597. The second-order valence-electron chi connectivity index (χ2n) is 4.54. The van der Waals surface area contributed by atoms with Gasteiger partial charge in [-0.2, -0.15) is 0 Å². The lowest BCUT2D eigenvalue weighted by Crippen LogP contribution is -2.26. The molecule has 0 fully saturated rings. The van der Waals surface area contributed by atoms with Gasteiger partial charge in [0, 0.05) is 25.2 Å². The van der Waals surface area contributed by atoms with Crippen LogP contribution in [-0.2, 0) is 0 Å². The smallest absolute Gasteiger partial charge is 0.163 e. The van der Waals surface area contributed by atoms with E-state index >= 15 is 0 Å². The summed E-state index contributed by atoms with van der Waals surface area (Å²) in [6, 6.07) is 3.89. The number of nitrogens with two attached hydrogens (primary N) is 1. The monoisotopic (exact) mass is 250 g/mol. The van der Waals surface area contributed by atoms with Crippen molar-refractivity contribution >= 4 is 11.4 Å². The molecule has 0 aromatic heterocycles. The predicted molar refractivity (Wildman–Crippen MR) is 74.6 cm³/mol. The van der Waals surface area contributed by atoms with Gasteiger partial charge in [-0.25, -0.2) is 0 Å². The van der Waals surface area contributed by atoms with Crippen molar-refractivity contribution < 1.29 is 9.47 Å². The molecule has 1 aliphatic heterocycles. The van der Waals surface area contributed by atoms with E-state index in [1.807, 2.05) is 12.1 Å². The molecule has 0 saturated heterocycles. The quantitative estimate of drug-likeness (QED) is 0.816. The fourth-order valence-electron chi connectivity index (χ4n) is 2.26. The van der Waals surface area contributed by atoms with E-state index in [9.17, 15) is 0 Å². The van der Waals surface area contributed by atoms with Gasteiger partial charge in [-0.15, -0.1) is 0 Å². The summed E-state index contributed by atoms with van der Waals surface area (Å²) in [5.41, 5.74) is 7.95. The number of nitrogen functional groups attached to an aromatic ring is 1. The fraction of sp³-hybridized carbons (Fsp3) is 0.571. The van der Waals surface area contributed by atoms with Gasteiger partial charge in [-0.1, -0.05) is 13.8 Å². The van der Waals surface area contributed by atoms with E-state index in [1.165, 1.54) is 0 Å². The number of hydrogen-bond donors (Lipinski definition) is 1. The second-order valence-corrected chi connectivity index (χ2v) is 4.54. The topological polar surface area (TPSA) is 47.7 Å².